The van der Waals surface area contributed by atoms with Gasteiger partial charge in [0.1, 0.15) is 0 Å². The number of rotatable bonds is 7. The van der Waals surface area contributed by atoms with E-state index in [1.54, 1.807) is 30.3 Å². The molecule has 29 heavy (non-hydrogen) atoms. The van der Waals surface area contributed by atoms with Gasteiger partial charge in [-0.1, -0.05) is 24.3 Å². The number of carbonyl (C=O) groups excluding carboxylic acids is 3. The van der Waals surface area contributed by atoms with Gasteiger partial charge in [0, 0.05) is 18.3 Å². The second kappa shape index (κ2) is 10.3. The van der Waals surface area contributed by atoms with Crippen LogP contribution in [0.5, 0.6) is 0 Å². The van der Waals surface area contributed by atoms with Crippen LogP contribution in [0, 0.1) is 13.8 Å². The van der Waals surface area contributed by atoms with Gasteiger partial charge in [0.05, 0.1) is 5.56 Å². The van der Waals surface area contributed by atoms with Crippen molar-refractivity contribution in [1.29, 1.82) is 0 Å². The molecule has 0 saturated carbocycles. The first kappa shape index (κ1) is 21.9. The molecule has 0 unspecified atom stereocenters. The van der Waals surface area contributed by atoms with Crippen LogP contribution >= 0.6 is 0 Å². The lowest BCUT2D eigenvalue weighted by Crippen LogP contribution is -2.39. The Morgan fingerprint density at radius 2 is 1.69 bits per heavy atom. The molecule has 0 radical (unpaired) electrons. The minimum atomic E-state index is -0.585. The standard InChI is InChI=1S/C22H27N3O4/c1-14(2)24-22(28)23-12-17-8-10-18(11-9-17)21(27)29-13-20(26)25-19-7-5-6-15(3)16(19)4/h5-11,14H,12-13H2,1-4H3,(H,25,26)(H2,23,24,28). The van der Waals surface area contributed by atoms with E-state index in [1.807, 2.05) is 39.8 Å². The van der Waals surface area contributed by atoms with E-state index in [9.17, 15) is 14.4 Å². The van der Waals surface area contributed by atoms with Crippen LogP contribution in [0.2, 0.25) is 0 Å². The lowest BCUT2D eigenvalue weighted by Gasteiger charge is -2.11. The number of aryl methyl sites for hydroxylation is 1. The Kier molecular flexibility index (Phi) is 7.77. The second-order valence-electron chi connectivity index (χ2n) is 7.05. The van der Waals surface area contributed by atoms with E-state index in [2.05, 4.69) is 16.0 Å². The summed E-state index contributed by atoms with van der Waals surface area (Å²) in [6, 6.07) is 12.1. The van der Waals surface area contributed by atoms with Crippen molar-refractivity contribution >= 4 is 23.6 Å². The molecule has 2 aromatic carbocycles. The second-order valence-corrected chi connectivity index (χ2v) is 7.05. The maximum atomic E-state index is 12.1. The summed E-state index contributed by atoms with van der Waals surface area (Å²) in [5.41, 5.74) is 3.91. The first-order chi connectivity index (χ1) is 13.8. The van der Waals surface area contributed by atoms with E-state index in [0.717, 1.165) is 16.7 Å². The average Bonchev–Trinajstić information content (AvgIpc) is 2.68. The molecule has 2 rings (SSSR count). The maximum absolute atomic E-state index is 12.1. The number of anilines is 1. The molecule has 0 spiro atoms. The van der Waals surface area contributed by atoms with E-state index in [1.165, 1.54) is 0 Å². The normalized spacial score (nSPS) is 10.4. The van der Waals surface area contributed by atoms with Gasteiger partial charge in [-0.15, -0.1) is 0 Å². The first-order valence-corrected chi connectivity index (χ1v) is 9.42. The van der Waals surface area contributed by atoms with Crippen LogP contribution < -0.4 is 16.0 Å². The summed E-state index contributed by atoms with van der Waals surface area (Å²) >= 11 is 0. The van der Waals surface area contributed by atoms with Crippen LogP contribution in [0.15, 0.2) is 42.5 Å². The third-order valence-corrected chi connectivity index (χ3v) is 4.28. The Morgan fingerprint density at radius 1 is 1.00 bits per heavy atom. The van der Waals surface area contributed by atoms with Crippen LogP contribution in [-0.4, -0.2) is 30.6 Å². The number of nitrogens with one attached hydrogen (secondary N) is 3. The van der Waals surface area contributed by atoms with Crippen molar-refractivity contribution in [1.82, 2.24) is 10.6 Å². The van der Waals surface area contributed by atoms with E-state index < -0.39 is 11.9 Å². The zero-order valence-corrected chi connectivity index (χ0v) is 17.2. The fourth-order valence-electron chi connectivity index (χ4n) is 2.54. The molecule has 7 heteroatoms. The van der Waals surface area contributed by atoms with Crippen LogP contribution in [0.25, 0.3) is 0 Å². The highest BCUT2D eigenvalue weighted by molar-refractivity contribution is 5.96. The fourth-order valence-corrected chi connectivity index (χ4v) is 2.54. The Bertz CT molecular complexity index is 876. The molecular weight excluding hydrogens is 370 g/mol. The van der Waals surface area contributed by atoms with Crippen molar-refractivity contribution in [2.45, 2.75) is 40.3 Å². The lowest BCUT2D eigenvalue weighted by molar-refractivity contribution is -0.119. The molecule has 0 atom stereocenters. The van der Waals surface area contributed by atoms with Gasteiger partial charge < -0.3 is 20.7 Å². The molecule has 7 nitrogen and oxygen atoms in total. The molecule has 0 fully saturated rings. The largest absolute Gasteiger partial charge is 0.452 e. The summed E-state index contributed by atoms with van der Waals surface area (Å²) < 4.78 is 5.08. The molecule has 2 aromatic rings. The molecule has 154 valence electrons. The number of ether oxygens (including phenoxy) is 1. The highest BCUT2D eigenvalue weighted by atomic mass is 16.5. The zero-order valence-electron chi connectivity index (χ0n) is 17.2. The van der Waals surface area contributed by atoms with Crippen molar-refractivity contribution in [3.63, 3.8) is 0 Å². The third kappa shape index (κ3) is 6.95. The quantitative estimate of drug-likeness (QED) is 0.625. The number of hydrogen-bond acceptors (Lipinski definition) is 4. The van der Waals surface area contributed by atoms with Gasteiger partial charge in [-0.2, -0.15) is 0 Å². The molecule has 0 bridgehead atoms. The highest BCUT2D eigenvalue weighted by Gasteiger charge is 2.12. The van der Waals surface area contributed by atoms with E-state index >= 15 is 0 Å². The summed E-state index contributed by atoms with van der Waals surface area (Å²) in [6.07, 6.45) is 0. The maximum Gasteiger partial charge on any atom is 0.338 e. The summed E-state index contributed by atoms with van der Waals surface area (Å²) in [7, 11) is 0. The third-order valence-electron chi connectivity index (χ3n) is 4.28. The average molecular weight is 397 g/mol. The SMILES string of the molecule is Cc1cccc(NC(=O)COC(=O)c2ccc(CNC(=O)NC(C)C)cc2)c1C. The number of hydrogen-bond donors (Lipinski definition) is 3. The number of esters is 1. The Balaban J connectivity index is 1.82. The van der Waals surface area contributed by atoms with Crippen molar-refractivity contribution in [3.8, 4) is 0 Å². The van der Waals surface area contributed by atoms with Gasteiger partial charge >= 0.3 is 12.0 Å². The summed E-state index contributed by atoms with van der Waals surface area (Å²) in [4.78, 5) is 35.8. The molecule has 3 N–H and O–H groups in total. The van der Waals surface area contributed by atoms with Gasteiger partial charge in [-0.3, -0.25) is 4.79 Å². The summed E-state index contributed by atoms with van der Waals surface area (Å²) in [5, 5.41) is 8.21. The predicted molar refractivity (Wildman–Crippen MR) is 112 cm³/mol. The molecule has 0 aliphatic carbocycles. The van der Waals surface area contributed by atoms with E-state index in [4.69, 9.17) is 4.74 Å². The van der Waals surface area contributed by atoms with Crippen LogP contribution in [0.3, 0.4) is 0 Å². The van der Waals surface area contributed by atoms with Gasteiger partial charge in [0.2, 0.25) is 0 Å². The summed E-state index contributed by atoms with van der Waals surface area (Å²) in [5.74, 6) is -0.984. The predicted octanol–water partition coefficient (Wildman–Crippen LogP) is 3.31. The Labute approximate surface area is 170 Å². The van der Waals surface area contributed by atoms with Gasteiger partial charge in [-0.05, 0) is 62.6 Å². The van der Waals surface area contributed by atoms with Crippen LogP contribution in [-0.2, 0) is 16.1 Å². The number of amides is 3. The lowest BCUT2D eigenvalue weighted by atomic mass is 10.1. The monoisotopic (exact) mass is 397 g/mol. The summed E-state index contributed by atoms with van der Waals surface area (Å²) in [6.45, 7) is 7.60. The van der Waals surface area contributed by atoms with Crippen LogP contribution in [0.4, 0.5) is 10.5 Å². The first-order valence-electron chi connectivity index (χ1n) is 9.42. The van der Waals surface area contributed by atoms with Crippen molar-refractivity contribution in [2.75, 3.05) is 11.9 Å². The molecule has 0 heterocycles. The number of carbonyl (C=O) groups is 3. The topological polar surface area (TPSA) is 96.5 Å². The van der Waals surface area contributed by atoms with E-state index in [0.29, 0.717) is 17.8 Å². The molecule has 3 amide bonds. The van der Waals surface area contributed by atoms with Gasteiger partial charge in [0.25, 0.3) is 5.91 Å². The minimum absolute atomic E-state index is 0.0548. The molecule has 0 saturated heterocycles. The smallest absolute Gasteiger partial charge is 0.338 e. The van der Waals surface area contributed by atoms with Crippen LogP contribution in [0.1, 0.15) is 40.9 Å². The number of benzene rings is 2. The van der Waals surface area contributed by atoms with Crippen molar-refractivity contribution < 1.29 is 19.1 Å². The highest BCUT2D eigenvalue weighted by Crippen LogP contribution is 2.17. The Hall–Kier alpha value is -3.35. The minimum Gasteiger partial charge on any atom is -0.452 e. The zero-order chi connectivity index (χ0) is 21.4. The molecular formula is C22H27N3O4. The van der Waals surface area contributed by atoms with Crippen molar-refractivity contribution in [3.05, 3.63) is 64.7 Å². The van der Waals surface area contributed by atoms with Crippen molar-refractivity contribution in [2.24, 2.45) is 0 Å². The number of urea groups is 1. The molecule has 0 aliphatic heterocycles. The van der Waals surface area contributed by atoms with E-state index in [-0.39, 0.29) is 18.7 Å². The van der Waals surface area contributed by atoms with Gasteiger partial charge in [0.15, 0.2) is 6.61 Å². The fraction of sp³-hybridized carbons (Fsp3) is 0.318. The van der Waals surface area contributed by atoms with Gasteiger partial charge in [-0.25, -0.2) is 9.59 Å². The molecule has 0 aromatic heterocycles. The Morgan fingerprint density at radius 3 is 2.34 bits per heavy atom. The molecule has 0 aliphatic rings.